The van der Waals surface area contributed by atoms with Gasteiger partial charge in [0, 0.05) is 19.6 Å². The molecule has 10 nitrogen and oxygen atoms in total. The third-order valence-electron chi connectivity index (χ3n) is 7.49. The van der Waals surface area contributed by atoms with Crippen molar-refractivity contribution >= 4 is 27.8 Å². The molecule has 14 heteroatoms. The Morgan fingerprint density at radius 2 is 1.91 bits per heavy atom. The predicted octanol–water partition coefficient (Wildman–Crippen LogP) is 3.01. The van der Waals surface area contributed by atoms with Crippen LogP contribution in [0, 0.1) is 11.3 Å². The summed E-state index contributed by atoms with van der Waals surface area (Å²) in [5, 5.41) is 9.33. The number of alkyl halides is 3. The number of ether oxygens (including phenoxy) is 1. The van der Waals surface area contributed by atoms with Crippen molar-refractivity contribution in [2.24, 2.45) is 0 Å². The van der Waals surface area contributed by atoms with Gasteiger partial charge in [-0.3, -0.25) is 9.59 Å². The monoisotopic (exact) mass is 632 g/mol. The molecule has 0 aromatic heterocycles. The quantitative estimate of drug-likeness (QED) is 0.349. The molecule has 2 aromatic rings. The van der Waals surface area contributed by atoms with E-state index in [0.29, 0.717) is 27.2 Å². The fourth-order valence-corrected chi connectivity index (χ4v) is 6.50. The largest absolute Gasteiger partial charge is 0.471 e. The van der Waals surface area contributed by atoms with Crippen LogP contribution in [-0.4, -0.2) is 74.0 Å². The number of hydrogen-bond acceptors (Lipinski definition) is 7. The Bertz CT molecular complexity index is 1630. The minimum absolute atomic E-state index is 0.00447. The highest BCUT2D eigenvalue weighted by Crippen LogP contribution is 2.27. The van der Waals surface area contributed by atoms with Crippen molar-refractivity contribution < 1.29 is 40.7 Å². The zero-order chi connectivity index (χ0) is 32.2. The van der Waals surface area contributed by atoms with Gasteiger partial charge in [0.05, 0.1) is 23.1 Å². The smallest absolute Gasteiger partial charge is 0.464 e. The first-order valence-electron chi connectivity index (χ1n) is 13.9. The van der Waals surface area contributed by atoms with E-state index in [0.717, 1.165) is 5.57 Å². The number of carbonyl (C=O) groups excluding carboxylic acids is 3. The van der Waals surface area contributed by atoms with Crippen molar-refractivity contribution in [3.8, 4) is 6.07 Å². The Morgan fingerprint density at radius 3 is 2.59 bits per heavy atom. The molecule has 2 aromatic carbocycles. The SMILES string of the molecule is CCOC(=O)[C@H]1CC(C)=CCN1C(=O)[C@H](Cc1cccc(C#N)c1)NS(=O)(=O)c1ccc2c(c1)CCN(C(=O)C(F)(F)F)C2. The van der Waals surface area contributed by atoms with Gasteiger partial charge in [0.25, 0.3) is 0 Å². The fraction of sp³-hybridized carbons (Fsp3) is 0.400. The maximum atomic E-state index is 14.0. The maximum Gasteiger partial charge on any atom is 0.471 e. The molecule has 2 aliphatic rings. The number of nitriles is 1. The summed E-state index contributed by atoms with van der Waals surface area (Å²) < 4.78 is 73.7. The summed E-state index contributed by atoms with van der Waals surface area (Å²) in [6.07, 6.45) is -3.17. The molecule has 2 aliphatic heterocycles. The van der Waals surface area contributed by atoms with E-state index in [-0.39, 0.29) is 50.4 Å². The van der Waals surface area contributed by atoms with Crippen molar-refractivity contribution in [2.75, 3.05) is 19.7 Å². The van der Waals surface area contributed by atoms with E-state index in [1.54, 1.807) is 31.2 Å². The molecule has 0 spiro atoms. The van der Waals surface area contributed by atoms with E-state index in [2.05, 4.69) is 4.72 Å². The molecule has 0 bridgehead atoms. The molecule has 0 unspecified atom stereocenters. The lowest BCUT2D eigenvalue weighted by Crippen LogP contribution is -2.56. The fourth-order valence-electron chi connectivity index (χ4n) is 5.26. The Balaban J connectivity index is 1.64. The number of hydrogen-bond donors (Lipinski definition) is 1. The number of nitrogens with zero attached hydrogens (tertiary/aromatic N) is 3. The summed E-state index contributed by atoms with van der Waals surface area (Å²) in [6.45, 7) is 3.04. The highest BCUT2D eigenvalue weighted by molar-refractivity contribution is 7.89. The summed E-state index contributed by atoms with van der Waals surface area (Å²) in [5.41, 5.74) is 2.52. The number of nitrogens with one attached hydrogen (secondary N) is 1. The van der Waals surface area contributed by atoms with Crippen molar-refractivity contribution in [1.29, 1.82) is 5.26 Å². The summed E-state index contributed by atoms with van der Waals surface area (Å²) in [4.78, 5) is 40.2. The average molecular weight is 633 g/mol. The van der Waals surface area contributed by atoms with Crippen molar-refractivity contribution in [3.63, 3.8) is 0 Å². The van der Waals surface area contributed by atoms with Gasteiger partial charge in [-0.05, 0) is 74.1 Å². The van der Waals surface area contributed by atoms with Gasteiger partial charge in [-0.25, -0.2) is 13.2 Å². The van der Waals surface area contributed by atoms with Crippen LogP contribution in [0.1, 0.15) is 42.5 Å². The van der Waals surface area contributed by atoms with Crippen LogP contribution in [0.2, 0.25) is 0 Å². The molecule has 234 valence electrons. The van der Waals surface area contributed by atoms with E-state index in [1.165, 1.54) is 29.2 Å². The third kappa shape index (κ3) is 7.46. The second kappa shape index (κ2) is 13.2. The molecule has 1 N–H and O–H groups in total. The molecule has 4 rings (SSSR count). The summed E-state index contributed by atoms with van der Waals surface area (Å²) in [6, 6.07) is 9.88. The number of halogens is 3. The minimum atomic E-state index is -5.02. The second-order valence-corrected chi connectivity index (χ2v) is 12.3. The van der Waals surface area contributed by atoms with Crippen LogP contribution in [0.4, 0.5) is 13.2 Å². The molecule has 0 saturated heterocycles. The highest BCUT2D eigenvalue weighted by atomic mass is 32.2. The van der Waals surface area contributed by atoms with Gasteiger partial charge >= 0.3 is 18.1 Å². The Morgan fingerprint density at radius 1 is 1.16 bits per heavy atom. The molecule has 0 saturated carbocycles. The lowest BCUT2D eigenvalue weighted by Gasteiger charge is -2.35. The Labute approximate surface area is 253 Å². The zero-order valence-corrected chi connectivity index (χ0v) is 24.9. The summed E-state index contributed by atoms with van der Waals surface area (Å²) >= 11 is 0. The third-order valence-corrected chi connectivity index (χ3v) is 8.96. The maximum absolute atomic E-state index is 14.0. The topological polar surface area (TPSA) is 137 Å². The van der Waals surface area contributed by atoms with E-state index >= 15 is 0 Å². The van der Waals surface area contributed by atoms with Crippen LogP contribution in [0.3, 0.4) is 0 Å². The number of sulfonamides is 1. The number of rotatable bonds is 8. The molecule has 0 radical (unpaired) electrons. The van der Waals surface area contributed by atoms with Gasteiger partial charge in [-0.2, -0.15) is 23.2 Å². The second-order valence-electron chi connectivity index (χ2n) is 10.6. The number of benzene rings is 2. The molecule has 2 atom stereocenters. The lowest BCUT2D eigenvalue weighted by atomic mass is 9.98. The number of amides is 2. The van der Waals surface area contributed by atoms with Gasteiger partial charge in [0.2, 0.25) is 15.9 Å². The van der Waals surface area contributed by atoms with Crippen LogP contribution in [0.25, 0.3) is 0 Å². The molecule has 2 heterocycles. The molecular formula is C30H31F3N4O6S. The first-order valence-corrected chi connectivity index (χ1v) is 15.3. The molecule has 0 aliphatic carbocycles. The van der Waals surface area contributed by atoms with Crippen molar-refractivity contribution in [1.82, 2.24) is 14.5 Å². The molecule has 44 heavy (non-hydrogen) atoms. The average Bonchev–Trinajstić information content (AvgIpc) is 2.99. The standard InChI is InChI=1S/C30H31F3N4O6S/c1-3-43-28(39)26-13-19(2)9-12-37(26)27(38)25(15-20-5-4-6-21(14-20)17-34)35-44(41,42)24-8-7-23-18-36(11-10-22(23)16-24)29(40)30(31,32)33/h4-9,14,16,25-26,35H,3,10-13,15,18H2,1-2H3/t25-,26+/m0/s1. The van der Waals surface area contributed by atoms with Gasteiger partial charge in [-0.1, -0.05) is 29.8 Å². The summed E-state index contributed by atoms with van der Waals surface area (Å²) in [7, 11) is -4.38. The Hall–Kier alpha value is -4.22. The highest BCUT2D eigenvalue weighted by Gasteiger charge is 2.43. The first kappa shape index (κ1) is 32.7. The van der Waals surface area contributed by atoms with Crippen molar-refractivity contribution in [3.05, 3.63) is 76.4 Å². The summed E-state index contributed by atoms with van der Waals surface area (Å²) in [5.74, 6) is -3.25. The van der Waals surface area contributed by atoms with Crippen LogP contribution in [0.15, 0.2) is 59.0 Å². The number of fused-ring (bicyclic) bond motifs is 1. The molecule has 2 amide bonds. The van der Waals surface area contributed by atoms with Gasteiger partial charge in [0.1, 0.15) is 12.1 Å². The zero-order valence-electron chi connectivity index (χ0n) is 24.1. The van der Waals surface area contributed by atoms with Gasteiger partial charge in [-0.15, -0.1) is 0 Å². The number of carbonyl (C=O) groups is 3. The van der Waals surface area contributed by atoms with Crippen LogP contribution in [0.5, 0.6) is 0 Å². The normalized spacial score (nSPS) is 17.6. The van der Waals surface area contributed by atoms with Crippen LogP contribution in [-0.2, 0) is 48.5 Å². The van der Waals surface area contributed by atoms with Gasteiger partial charge < -0.3 is 14.5 Å². The molecular weight excluding hydrogens is 601 g/mol. The van der Waals surface area contributed by atoms with E-state index in [1.807, 2.05) is 13.0 Å². The van der Waals surface area contributed by atoms with Crippen LogP contribution >= 0.6 is 0 Å². The minimum Gasteiger partial charge on any atom is -0.464 e. The van der Waals surface area contributed by atoms with Crippen molar-refractivity contribution in [2.45, 2.75) is 62.8 Å². The first-order chi connectivity index (χ1) is 20.7. The predicted molar refractivity (Wildman–Crippen MR) is 151 cm³/mol. The number of esters is 1. The Kier molecular flexibility index (Phi) is 9.80. The van der Waals surface area contributed by atoms with Crippen LogP contribution < -0.4 is 4.72 Å². The van der Waals surface area contributed by atoms with E-state index in [4.69, 9.17) is 4.74 Å². The molecule has 0 fully saturated rings. The van der Waals surface area contributed by atoms with E-state index < -0.39 is 46.1 Å². The van der Waals surface area contributed by atoms with Gasteiger partial charge in [0.15, 0.2) is 0 Å². The lowest BCUT2D eigenvalue weighted by molar-refractivity contribution is -0.186. The van der Waals surface area contributed by atoms with E-state index in [9.17, 15) is 41.2 Å².